The Morgan fingerprint density at radius 3 is 2.90 bits per heavy atom. The van der Waals surface area contributed by atoms with Gasteiger partial charge in [0.05, 0.1) is 0 Å². The Labute approximate surface area is 55.6 Å². The second kappa shape index (κ2) is 2.38. The molecule has 0 atom stereocenters. The van der Waals surface area contributed by atoms with Crippen LogP contribution >= 0.6 is 0 Å². The molecule has 0 aromatic carbocycles. The second-order valence-corrected chi connectivity index (χ2v) is 1.55. The molecule has 5 heteroatoms. The molecule has 0 aromatic heterocycles. The van der Waals surface area contributed by atoms with E-state index in [4.69, 9.17) is 5.11 Å². The predicted molar refractivity (Wildman–Crippen MR) is 29.1 cm³/mol. The van der Waals surface area contributed by atoms with Crippen molar-refractivity contribution in [3.63, 3.8) is 0 Å². The van der Waals surface area contributed by atoms with Crippen molar-refractivity contribution in [2.75, 3.05) is 0 Å². The van der Waals surface area contributed by atoms with Crippen LogP contribution in [0.1, 0.15) is 0 Å². The first-order chi connectivity index (χ1) is 4.72. The number of hydroxylamine groups is 1. The van der Waals surface area contributed by atoms with Gasteiger partial charge >= 0.3 is 5.97 Å². The Hall–Kier alpha value is -1.52. The lowest BCUT2D eigenvalue weighted by Gasteiger charge is -2.08. The molecule has 0 aliphatic carbocycles. The van der Waals surface area contributed by atoms with E-state index in [1.54, 1.807) is 0 Å². The van der Waals surface area contributed by atoms with Gasteiger partial charge in [-0.1, -0.05) is 0 Å². The summed E-state index contributed by atoms with van der Waals surface area (Å²) in [4.78, 5) is 14.4. The van der Waals surface area contributed by atoms with Gasteiger partial charge in [0, 0.05) is 6.08 Å². The Morgan fingerprint density at radius 1 is 1.80 bits per heavy atom. The van der Waals surface area contributed by atoms with Gasteiger partial charge in [-0.3, -0.25) is 0 Å². The number of carboxylic acid groups (broad SMARTS) is 1. The number of rotatable bonds is 1. The summed E-state index contributed by atoms with van der Waals surface area (Å²) in [6, 6.07) is 0. The average Bonchev–Trinajstić information content (AvgIpc) is 1.88. The number of carbonyl (C=O) groups is 1. The second-order valence-electron chi connectivity index (χ2n) is 1.55. The molecule has 0 radical (unpaired) electrons. The van der Waals surface area contributed by atoms with E-state index in [9.17, 15) is 9.18 Å². The van der Waals surface area contributed by atoms with Gasteiger partial charge in [0.2, 0.25) is 0 Å². The monoisotopic (exact) mass is 145 g/mol. The molecule has 4 nitrogen and oxygen atoms in total. The quantitative estimate of drug-likeness (QED) is 0.557. The lowest BCUT2D eigenvalue weighted by Crippen LogP contribution is -2.21. The summed E-state index contributed by atoms with van der Waals surface area (Å²) in [6.45, 7) is 0. The molecule has 0 saturated carbocycles. The van der Waals surface area contributed by atoms with Crippen LogP contribution in [-0.4, -0.2) is 11.1 Å². The molecule has 0 spiro atoms. The van der Waals surface area contributed by atoms with E-state index >= 15 is 0 Å². The molecule has 1 rings (SSSR count). The van der Waals surface area contributed by atoms with Crippen molar-refractivity contribution >= 4 is 5.97 Å². The number of hydrogen-bond acceptors (Lipinski definition) is 3. The molecular weight excluding hydrogens is 141 g/mol. The van der Waals surface area contributed by atoms with Gasteiger partial charge in [-0.2, -0.15) is 0 Å². The van der Waals surface area contributed by atoms with Crippen molar-refractivity contribution in [1.82, 2.24) is 5.48 Å². The maximum Gasteiger partial charge on any atom is 0.358 e. The van der Waals surface area contributed by atoms with E-state index in [2.05, 4.69) is 4.84 Å². The van der Waals surface area contributed by atoms with E-state index in [-0.39, 0.29) is 0 Å². The fourth-order valence-corrected chi connectivity index (χ4v) is 0.465. The zero-order valence-corrected chi connectivity index (χ0v) is 4.80. The number of carboxylic acids is 1. The molecule has 0 fully saturated rings. The van der Waals surface area contributed by atoms with Crippen molar-refractivity contribution in [3.8, 4) is 0 Å². The highest BCUT2D eigenvalue weighted by Crippen LogP contribution is 2.09. The van der Waals surface area contributed by atoms with Crippen LogP contribution in [0, 0.1) is 0 Å². The SMILES string of the molecule is O=C(O)C1=C(F)C=CON1. The van der Waals surface area contributed by atoms with Gasteiger partial charge in [-0.15, -0.1) is 0 Å². The summed E-state index contributed by atoms with van der Waals surface area (Å²) < 4.78 is 12.4. The van der Waals surface area contributed by atoms with Gasteiger partial charge in [0.15, 0.2) is 11.5 Å². The van der Waals surface area contributed by atoms with Crippen LogP contribution in [0.4, 0.5) is 4.39 Å². The molecule has 1 aliphatic heterocycles. The first-order valence-corrected chi connectivity index (χ1v) is 2.43. The first-order valence-electron chi connectivity index (χ1n) is 2.43. The van der Waals surface area contributed by atoms with Gasteiger partial charge in [0.25, 0.3) is 0 Å². The number of aliphatic carboxylic acids is 1. The summed E-state index contributed by atoms with van der Waals surface area (Å²) in [5.41, 5.74) is 1.31. The molecule has 0 aromatic rings. The largest absolute Gasteiger partial charge is 0.476 e. The minimum Gasteiger partial charge on any atom is -0.476 e. The first kappa shape index (κ1) is 6.60. The summed E-state index contributed by atoms with van der Waals surface area (Å²) in [6.07, 6.45) is 1.93. The Kier molecular flexibility index (Phi) is 1.57. The third kappa shape index (κ3) is 1.07. The zero-order valence-electron chi connectivity index (χ0n) is 4.80. The maximum atomic E-state index is 12.4. The van der Waals surface area contributed by atoms with Crippen molar-refractivity contribution in [2.24, 2.45) is 0 Å². The molecule has 10 heavy (non-hydrogen) atoms. The van der Waals surface area contributed by atoms with Crippen molar-refractivity contribution in [2.45, 2.75) is 0 Å². The van der Waals surface area contributed by atoms with Crippen molar-refractivity contribution < 1.29 is 19.1 Å². The highest BCUT2D eigenvalue weighted by atomic mass is 19.1. The smallest absolute Gasteiger partial charge is 0.358 e. The lowest BCUT2D eigenvalue weighted by atomic mass is 10.3. The molecule has 0 saturated heterocycles. The van der Waals surface area contributed by atoms with E-state index < -0.39 is 17.5 Å². The third-order valence-corrected chi connectivity index (χ3v) is 0.896. The Balaban J connectivity index is 2.89. The van der Waals surface area contributed by atoms with Crippen LogP contribution in [0.5, 0.6) is 0 Å². The van der Waals surface area contributed by atoms with E-state index in [0.29, 0.717) is 0 Å². The van der Waals surface area contributed by atoms with E-state index in [1.807, 2.05) is 5.48 Å². The summed E-state index contributed by atoms with van der Waals surface area (Å²) in [7, 11) is 0. The Morgan fingerprint density at radius 2 is 2.50 bits per heavy atom. The molecule has 1 aliphatic rings. The van der Waals surface area contributed by atoms with Crippen LogP contribution < -0.4 is 5.48 Å². The molecular formula is C5H4FNO3. The molecule has 54 valence electrons. The zero-order chi connectivity index (χ0) is 7.56. The van der Waals surface area contributed by atoms with Crippen molar-refractivity contribution in [1.29, 1.82) is 0 Å². The minimum atomic E-state index is -1.39. The van der Waals surface area contributed by atoms with E-state index in [0.717, 1.165) is 12.3 Å². The van der Waals surface area contributed by atoms with Crippen LogP contribution in [0.25, 0.3) is 0 Å². The lowest BCUT2D eigenvalue weighted by molar-refractivity contribution is -0.134. The number of hydrogen-bond donors (Lipinski definition) is 2. The number of allylic oxidation sites excluding steroid dienone is 2. The summed E-state index contributed by atoms with van der Waals surface area (Å²) >= 11 is 0. The summed E-state index contributed by atoms with van der Waals surface area (Å²) in [5, 5.41) is 8.23. The standard InChI is InChI=1S/C5H4FNO3/c6-3-1-2-10-7-4(3)5(8)9/h1-2,7H,(H,8,9). The normalized spacial score (nSPS) is 16.1. The molecule has 0 unspecified atom stereocenters. The third-order valence-electron chi connectivity index (χ3n) is 0.896. The van der Waals surface area contributed by atoms with Crippen LogP contribution in [0.2, 0.25) is 0 Å². The topological polar surface area (TPSA) is 58.6 Å². The fraction of sp³-hybridized carbons (Fsp3) is 0. The van der Waals surface area contributed by atoms with Crippen LogP contribution in [-0.2, 0) is 9.63 Å². The van der Waals surface area contributed by atoms with Gasteiger partial charge in [-0.05, 0) is 0 Å². The Bertz CT molecular complexity index is 221. The average molecular weight is 145 g/mol. The summed E-state index contributed by atoms with van der Waals surface area (Å²) in [5.74, 6) is -2.24. The highest BCUT2D eigenvalue weighted by Gasteiger charge is 2.15. The van der Waals surface area contributed by atoms with Crippen molar-refractivity contribution in [3.05, 3.63) is 23.9 Å². The fourth-order valence-electron chi connectivity index (χ4n) is 0.465. The maximum absolute atomic E-state index is 12.4. The highest BCUT2D eigenvalue weighted by molar-refractivity contribution is 5.86. The van der Waals surface area contributed by atoms with Gasteiger partial charge in [0.1, 0.15) is 6.26 Å². The van der Waals surface area contributed by atoms with E-state index in [1.165, 1.54) is 0 Å². The molecule has 2 N–H and O–H groups in total. The number of nitrogens with one attached hydrogen (secondary N) is 1. The van der Waals surface area contributed by atoms with Gasteiger partial charge in [-0.25, -0.2) is 14.7 Å². The minimum absolute atomic E-state index is 0.581. The molecule has 0 amide bonds. The number of halogens is 1. The molecule has 0 bridgehead atoms. The predicted octanol–water partition coefficient (Wildman–Crippen LogP) is 0.301. The van der Waals surface area contributed by atoms with Crippen LogP contribution in [0.15, 0.2) is 23.9 Å². The van der Waals surface area contributed by atoms with Crippen LogP contribution in [0.3, 0.4) is 0 Å². The molecule has 1 heterocycles. The van der Waals surface area contributed by atoms with Gasteiger partial charge < -0.3 is 9.94 Å².